The summed E-state index contributed by atoms with van der Waals surface area (Å²) < 4.78 is 0. The van der Waals surface area contributed by atoms with Crippen molar-refractivity contribution in [2.75, 3.05) is 0 Å². The molecule has 0 saturated carbocycles. The lowest BCUT2D eigenvalue weighted by Gasteiger charge is -2.10. The molecule has 2 heterocycles. The molecule has 0 radical (unpaired) electrons. The first-order chi connectivity index (χ1) is 8.93. The van der Waals surface area contributed by atoms with Gasteiger partial charge in [0.2, 0.25) is 0 Å². The van der Waals surface area contributed by atoms with Crippen molar-refractivity contribution >= 4 is 10.9 Å². The van der Waals surface area contributed by atoms with Crippen LogP contribution in [0.15, 0.2) is 30.5 Å². The topological polar surface area (TPSA) is 44.5 Å². The Balaban J connectivity index is 0.000000478. The number of nitrogens with zero attached hydrogens (tertiary/aromatic N) is 1. The van der Waals surface area contributed by atoms with Crippen LogP contribution >= 0.6 is 0 Å². The van der Waals surface area contributed by atoms with Crippen molar-refractivity contribution in [1.29, 1.82) is 0 Å². The quantitative estimate of drug-likeness (QED) is 0.617. The average molecular weight is 239 g/mol. The summed E-state index contributed by atoms with van der Waals surface area (Å²) in [6.07, 6.45) is 4.12. The predicted molar refractivity (Wildman–Crippen MR) is 74.6 cm³/mol. The Bertz CT molecular complexity index is 676. The van der Waals surface area contributed by atoms with E-state index < -0.39 is 0 Å². The van der Waals surface area contributed by atoms with E-state index in [9.17, 15) is 0 Å². The second kappa shape index (κ2) is 4.33. The van der Waals surface area contributed by atoms with Crippen LogP contribution in [-0.2, 0) is 12.8 Å². The molecule has 2 aromatic heterocycles. The molecule has 92 valence electrons. The van der Waals surface area contributed by atoms with Crippen molar-refractivity contribution in [2.45, 2.75) is 26.7 Å². The highest BCUT2D eigenvalue weighted by Crippen LogP contribution is 2.35. The molecule has 3 heteroatoms. The van der Waals surface area contributed by atoms with Crippen molar-refractivity contribution in [1.82, 2.24) is 15.2 Å². The zero-order chi connectivity index (χ0) is 12.5. The van der Waals surface area contributed by atoms with E-state index in [2.05, 4.69) is 39.4 Å². The SMILES string of the molecule is CC.c1ccc2c3c([nH]c2c1)-c1[nH]ncc1CC3. The van der Waals surface area contributed by atoms with Gasteiger partial charge in [-0.3, -0.25) is 5.10 Å². The molecule has 4 rings (SSSR count). The van der Waals surface area contributed by atoms with Gasteiger partial charge in [-0.1, -0.05) is 32.0 Å². The number of hydrogen-bond acceptors (Lipinski definition) is 1. The molecule has 1 aromatic carbocycles. The van der Waals surface area contributed by atoms with E-state index in [0.717, 1.165) is 18.5 Å². The molecule has 0 amide bonds. The molecular weight excluding hydrogens is 222 g/mol. The molecule has 0 bridgehead atoms. The van der Waals surface area contributed by atoms with E-state index in [1.54, 1.807) is 0 Å². The Kier molecular flexibility index (Phi) is 2.67. The van der Waals surface area contributed by atoms with Crippen molar-refractivity contribution in [3.05, 3.63) is 41.6 Å². The fourth-order valence-electron chi connectivity index (χ4n) is 2.65. The minimum absolute atomic E-state index is 1.08. The normalized spacial score (nSPS) is 12.6. The van der Waals surface area contributed by atoms with E-state index in [1.165, 1.54) is 27.7 Å². The molecule has 0 aliphatic heterocycles. The number of H-pyrrole nitrogens is 2. The van der Waals surface area contributed by atoms with E-state index in [0.29, 0.717) is 0 Å². The molecule has 0 atom stereocenters. The summed E-state index contributed by atoms with van der Waals surface area (Å²) in [7, 11) is 0. The number of aromatic amines is 2. The van der Waals surface area contributed by atoms with Gasteiger partial charge in [0.1, 0.15) is 0 Å². The molecule has 0 saturated heterocycles. The highest BCUT2D eigenvalue weighted by Gasteiger charge is 2.21. The fraction of sp³-hybridized carbons (Fsp3) is 0.267. The van der Waals surface area contributed by atoms with Gasteiger partial charge in [-0.15, -0.1) is 0 Å². The zero-order valence-electron chi connectivity index (χ0n) is 10.7. The third kappa shape index (κ3) is 1.47. The third-order valence-corrected chi connectivity index (χ3v) is 3.43. The Morgan fingerprint density at radius 3 is 2.78 bits per heavy atom. The first-order valence-electron chi connectivity index (χ1n) is 6.55. The van der Waals surface area contributed by atoms with Crippen LogP contribution in [0.1, 0.15) is 25.0 Å². The Hall–Kier alpha value is -2.03. The minimum atomic E-state index is 1.08. The van der Waals surface area contributed by atoms with E-state index in [-0.39, 0.29) is 0 Å². The number of aromatic nitrogens is 3. The summed E-state index contributed by atoms with van der Waals surface area (Å²) in [5.74, 6) is 0. The second-order valence-corrected chi connectivity index (χ2v) is 4.29. The van der Waals surface area contributed by atoms with Gasteiger partial charge in [-0.25, -0.2) is 0 Å². The van der Waals surface area contributed by atoms with Crippen LogP contribution in [0, 0.1) is 0 Å². The van der Waals surface area contributed by atoms with Gasteiger partial charge in [-0.05, 0) is 30.0 Å². The molecule has 1 aliphatic rings. The van der Waals surface area contributed by atoms with Gasteiger partial charge in [0.25, 0.3) is 0 Å². The number of fused-ring (bicyclic) bond motifs is 5. The van der Waals surface area contributed by atoms with Crippen LogP contribution in [0.3, 0.4) is 0 Å². The Morgan fingerprint density at radius 1 is 1.06 bits per heavy atom. The van der Waals surface area contributed by atoms with Gasteiger partial charge >= 0.3 is 0 Å². The summed E-state index contributed by atoms with van der Waals surface area (Å²) in [6.45, 7) is 4.00. The minimum Gasteiger partial charge on any atom is -0.353 e. The summed E-state index contributed by atoms with van der Waals surface area (Å²) >= 11 is 0. The monoisotopic (exact) mass is 239 g/mol. The number of para-hydroxylation sites is 1. The maximum absolute atomic E-state index is 4.13. The lowest BCUT2D eigenvalue weighted by molar-refractivity contribution is 0.947. The number of rotatable bonds is 0. The number of benzene rings is 1. The Labute approximate surface area is 106 Å². The predicted octanol–water partition coefficient (Wildman–Crippen LogP) is 3.68. The van der Waals surface area contributed by atoms with Crippen molar-refractivity contribution in [3.63, 3.8) is 0 Å². The van der Waals surface area contributed by atoms with Gasteiger partial charge < -0.3 is 4.98 Å². The van der Waals surface area contributed by atoms with Gasteiger partial charge in [0.05, 0.1) is 17.6 Å². The van der Waals surface area contributed by atoms with E-state index >= 15 is 0 Å². The van der Waals surface area contributed by atoms with Crippen molar-refractivity contribution in [2.24, 2.45) is 0 Å². The summed E-state index contributed by atoms with van der Waals surface area (Å²) in [6, 6.07) is 8.48. The maximum atomic E-state index is 4.13. The van der Waals surface area contributed by atoms with Crippen LogP contribution in [0.5, 0.6) is 0 Å². The first kappa shape index (κ1) is 11.1. The van der Waals surface area contributed by atoms with E-state index in [4.69, 9.17) is 0 Å². The van der Waals surface area contributed by atoms with Crippen LogP contribution in [-0.4, -0.2) is 15.2 Å². The van der Waals surface area contributed by atoms with E-state index in [1.807, 2.05) is 20.0 Å². The lowest BCUT2D eigenvalue weighted by Crippen LogP contribution is -2.00. The highest BCUT2D eigenvalue weighted by atomic mass is 15.1. The van der Waals surface area contributed by atoms with Crippen LogP contribution in [0.4, 0.5) is 0 Å². The second-order valence-electron chi connectivity index (χ2n) is 4.29. The standard InChI is InChI=1S/C13H11N3.C2H6/c1-2-4-11-9(3-1)10-6-5-8-7-14-16-12(8)13(10)15-11;1-2/h1-4,7,15H,5-6H2,(H,14,16);1-2H3. The molecule has 18 heavy (non-hydrogen) atoms. The molecule has 3 nitrogen and oxygen atoms in total. The maximum Gasteiger partial charge on any atom is 0.0847 e. The first-order valence-corrected chi connectivity index (χ1v) is 6.55. The van der Waals surface area contributed by atoms with Crippen LogP contribution in [0.25, 0.3) is 22.3 Å². The molecule has 0 fully saturated rings. The molecular formula is C15H17N3. The largest absolute Gasteiger partial charge is 0.353 e. The molecule has 1 aliphatic carbocycles. The summed E-state index contributed by atoms with van der Waals surface area (Å²) in [5.41, 5.74) is 6.35. The number of hydrogen-bond donors (Lipinski definition) is 2. The van der Waals surface area contributed by atoms with Crippen LogP contribution in [0.2, 0.25) is 0 Å². The van der Waals surface area contributed by atoms with Gasteiger partial charge in [0, 0.05) is 10.9 Å². The zero-order valence-corrected chi connectivity index (χ0v) is 10.7. The average Bonchev–Trinajstić information content (AvgIpc) is 3.04. The summed E-state index contributed by atoms with van der Waals surface area (Å²) in [4.78, 5) is 3.49. The fourth-order valence-corrected chi connectivity index (χ4v) is 2.65. The molecule has 2 N–H and O–H groups in total. The number of aryl methyl sites for hydroxylation is 2. The van der Waals surface area contributed by atoms with Crippen molar-refractivity contribution < 1.29 is 0 Å². The molecule has 0 spiro atoms. The number of nitrogens with one attached hydrogen (secondary N) is 2. The van der Waals surface area contributed by atoms with Gasteiger partial charge in [0.15, 0.2) is 0 Å². The smallest absolute Gasteiger partial charge is 0.0847 e. The highest BCUT2D eigenvalue weighted by molar-refractivity contribution is 5.91. The van der Waals surface area contributed by atoms with Crippen LogP contribution < -0.4 is 0 Å². The van der Waals surface area contributed by atoms with Gasteiger partial charge in [-0.2, -0.15) is 5.10 Å². The third-order valence-electron chi connectivity index (χ3n) is 3.43. The molecule has 0 unspecified atom stereocenters. The summed E-state index contributed by atoms with van der Waals surface area (Å²) in [5, 5.41) is 8.57. The lowest BCUT2D eigenvalue weighted by atomic mass is 9.94. The molecule has 3 aromatic rings. The Morgan fingerprint density at radius 2 is 1.89 bits per heavy atom. The van der Waals surface area contributed by atoms with Crippen molar-refractivity contribution in [3.8, 4) is 11.4 Å².